The molecule has 2 saturated heterocycles. The van der Waals surface area contributed by atoms with Crippen LogP contribution in [-0.4, -0.2) is 67.1 Å². The zero-order chi connectivity index (χ0) is 19.3. The molecule has 1 aromatic heterocycles. The van der Waals surface area contributed by atoms with Gasteiger partial charge in [-0.15, -0.1) is 24.0 Å². The largest absolute Gasteiger partial charge is 0.378 e. The molecule has 0 radical (unpaired) electrons. The highest BCUT2D eigenvalue weighted by atomic mass is 127. The molecular formula is C21H31IN6O. The fraction of sp³-hybridized carbons (Fsp3) is 0.524. The molecule has 1 atom stereocenters. The Morgan fingerprint density at radius 3 is 2.76 bits per heavy atom. The summed E-state index contributed by atoms with van der Waals surface area (Å²) < 4.78 is 7.39. The van der Waals surface area contributed by atoms with E-state index in [1.165, 1.54) is 16.8 Å². The SMILES string of the molecule is CN=C(NCc1ccccc1N1CCOCC1)N1CCC(c2cnn(C)c2)C1.I. The van der Waals surface area contributed by atoms with Gasteiger partial charge in [0.1, 0.15) is 0 Å². The summed E-state index contributed by atoms with van der Waals surface area (Å²) in [7, 11) is 3.84. The minimum Gasteiger partial charge on any atom is -0.378 e. The van der Waals surface area contributed by atoms with Gasteiger partial charge in [-0.05, 0) is 23.6 Å². The quantitative estimate of drug-likeness (QED) is 0.389. The van der Waals surface area contributed by atoms with Gasteiger partial charge < -0.3 is 19.9 Å². The Morgan fingerprint density at radius 2 is 2.03 bits per heavy atom. The summed E-state index contributed by atoms with van der Waals surface area (Å²) in [6, 6.07) is 8.63. The van der Waals surface area contributed by atoms with Crippen molar-refractivity contribution in [1.29, 1.82) is 0 Å². The lowest BCUT2D eigenvalue weighted by Gasteiger charge is -2.31. The van der Waals surface area contributed by atoms with Gasteiger partial charge in [-0.2, -0.15) is 5.10 Å². The van der Waals surface area contributed by atoms with Crippen molar-refractivity contribution in [3.63, 3.8) is 0 Å². The van der Waals surface area contributed by atoms with Gasteiger partial charge in [-0.25, -0.2) is 0 Å². The second-order valence-electron chi connectivity index (χ2n) is 7.51. The van der Waals surface area contributed by atoms with Crippen LogP contribution in [-0.2, 0) is 18.3 Å². The van der Waals surface area contributed by atoms with Crippen molar-refractivity contribution in [1.82, 2.24) is 20.0 Å². The van der Waals surface area contributed by atoms with Gasteiger partial charge in [0.25, 0.3) is 0 Å². The summed E-state index contributed by atoms with van der Waals surface area (Å²) in [5, 5.41) is 7.90. The number of likely N-dealkylation sites (tertiary alicyclic amines) is 1. The number of nitrogens with zero attached hydrogens (tertiary/aromatic N) is 5. The number of aliphatic imine (C=N–C) groups is 1. The molecule has 0 spiro atoms. The Labute approximate surface area is 190 Å². The van der Waals surface area contributed by atoms with Crippen LogP contribution in [0.2, 0.25) is 0 Å². The number of halogens is 1. The average molecular weight is 510 g/mol. The molecule has 0 saturated carbocycles. The number of aryl methyl sites for hydroxylation is 1. The van der Waals surface area contributed by atoms with Crippen molar-refractivity contribution >= 4 is 35.6 Å². The molecule has 0 bridgehead atoms. The van der Waals surface area contributed by atoms with Crippen LogP contribution in [0.15, 0.2) is 41.7 Å². The molecule has 1 unspecified atom stereocenters. The van der Waals surface area contributed by atoms with Crippen LogP contribution >= 0.6 is 24.0 Å². The number of anilines is 1. The van der Waals surface area contributed by atoms with E-state index in [4.69, 9.17) is 4.74 Å². The Balaban J connectivity index is 0.00000240. The third-order valence-electron chi connectivity index (χ3n) is 5.68. The molecule has 0 amide bonds. The lowest BCUT2D eigenvalue weighted by atomic mass is 10.0. The fourth-order valence-corrected chi connectivity index (χ4v) is 4.16. The molecule has 2 aliphatic heterocycles. The van der Waals surface area contributed by atoms with Crippen molar-refractivity contribution in [2.24, 2.45) is 12.0 Å². The molecule has 4 rings (SSSR count). The number of nitrogens with one attached hydrogen (secondary N) is 1. The predicted molar refractivity (Wildman–Crippen MR) is 127 cm³/mol. The van der Waals surface area contributed by atoms with E-state index in [9.17, 15) is 0 Å². The minimum atomic E-state index is 0. The van der Waals surface area contributed by atoms with Crippen molar-refractivity contribution in [2.45, 2.75) is 18.9 Å². The van der Waals surface area contributed by atoms with E-state index in [1.54, 1.807) is 0 Å². The molecular weight excluding hydrogens is 479 g/mol. The molecule has 8 heteroatoms. The Bertz CT molecular complexity index is 817. The van der Waals surface area contributed by atoms with Gasteiger partial charge in [0.05, 0.1) is 19.4 Å². The van der Waals surface area contributed by atoms with E-state index in [0.29, 0.717) is 5.92 Å². The van der Waals surface area contributed by atoms with Crippen LogP contribution in [0, 0.1) is 0 Å². The van der Waals surface area contributed by atoms with Crippen molar-refractivity contribution < 1.29 is 4.74 Å². The first-order valence-electron chi connectivity index (χ1n) is 10.1. The van der Waals surface area contributed by atoms with Gasteiger partial charge >= 0.3 is 0 Å². The number of hydrogen-bond donors (Lipinski definition) is 1. The van der Waals surface area contributed by atoms with Crippen LogP contribution in [0.4, 0.5) is 5.69 Å². The van der Waals surface area contributed by atoms with E-state index in [0.717, 1.165) is 58.3 Å². The molecule has 29 heavy (non-hydrogen) atoms. The third-order valence-corrected chi connectivity index (χ3v) is 5.68. The fourth-order valence-electron chi connectivity index (χ4n) is 4.16. The van der Waals surface area contributed by atoms with Crippen molar-refractivity contribution in [3.8, 4) is 0 Å². The number of hydrogen-bond acceptors (Lipinski definition) is 4. The summed E-state index contributed by atoms with van der Waals surface area (Å²) in [6.07, 6.45) is 5.25. The summed E-state index contributed by atoms with van der Waals surface area (Å²) in [6.45, 7) is 6.27. The second kappa shape index (κ2) is 10.3. The van der Waals surface area contributed by atoms with Gasteiger partial charge in [0.15, 0.2) is 5.96 Å². The number of para-hydroxylation sites is 1. The number of benzene rings is 1. The molecule has 1 aromatic carbocycles. The topological polar surface area (TPSA) is 57.9 Å². The van der Waals surface area contributed by atoms with E-state index >= 15 is 0 Å². The van der Waals surface area contributed by atoms with Crippen LogP contribution in [0.3, 0.4) is 0 Å². The molecule has 3 heterocycles. The first kappa shape index (κ1) is 21.9. The molecule has 158 valence electrons. The standard InChI is InChI=1S/C21H30N6O.HI/c1-22-21(27-8-7-18(16-27)19-14-24-25(2)15-19)23-13-17-5-3-4-6-20(17)26-9-11-28-12-10-26;/h3-6,14-15,18H,7-13,16H2,1-2H3,(H,22,23);1H. The van der Waals surface area contributed by atoms with Gasteiger partial charge in [-0.1, -0.05) is 18.2 Å². The van der Waals surface area contributed by atoms with Crippen LogP contribution in [0.1, 0.15) is 23.5 Å². The lowest BCUT2D eigenvalue weighted by molar-refractivity contribution is 0.122. The maximum Gasteiger partial charge on any atom is 0.193 e. The summed E-state index contributed by atoms with van der Waals surface area (Å²) >= 11 is 0. The highest BCUT2D eigenvalue weighted by Gasteiger charge is 2.27. The minimum absolute atomic E-state index is 0. The first-order chi connectivity index (χ1) is 13.7. The number of aromatic nitrogens is 2. The third kappa shape index (κ3) is 5.22. The Morgan fingerprint density at radius 1 is 1.24 bits per heavy atom. The lowest BCUT2D eigenvalue weighted by Crippen LogP contribution is -2.40. The monoisotopic (exact) mass is 510 g/mol. The van der Waals surface area contributed by atoms with Crippen LogP contribution < -0.4 is 10.2 Å². The Hall–Kier alpha value is -1.81. The molecule has 2 aliphatic rings. The molecule has 7 nitrogen and oxygen atoms in total. The van der Waals surface area contributed by atoms with Crippen molar-refractivity contribution in [2.75, 3.05) is 51.3 Å². The van der Waals surface area contributed by atoms with E-state index < -0.39 is 0 Å². The van der Waals surface area contributed by atoms with E-state index in [1.807, 2.05) is 25.0 Å². The maximum atomic E-state index is 5.50. The summed E-state index contributed by atoms with van der Waals surface area (Å²) in [5.41, 5.74) is 3.91. The second-order valence-corrected chi connectivity index (χ2v) is 7.51. The normalized spacial score (nSPS) is 19.9. The van der Waals surface area contributed by atoms with Crippen LogP contribution in [0.25, 0.3) is 0 Å². The zero-order valence-electron chi connectivity index (χ0n) is 17.3. The molecule has 0 aliphatic carbocycles. The number of rotatable bonds is 4. The molecule has 1 N–H and O–H groups in total. The van der Waals surface area contributed by atoms with Gasteiger partial charge in [0, 0.05) is 64.6 Å². The number of ether oxygens (including phenoxy) is 1. The van der Waals surface area contributed by atoms with Gasteiger partial charge in [0.2, 0.25) is 0 Å². The highest BCUT2D eigenvalue weighted by Crippen LogP contribution is 2.27. The number of morpholine rings is 1. The van der Waals surface area contributed by atoms with E-state index in [-0.39, 0.29) is 24.0 Å². The molecule has 2 aromatic rings. The average Bonchev–Trinajstić information content (AvgIpc) is 3.39. The smallest absolute Gasteiger partial charge is 0.193 e. The maximum absolute atomic E-state index is 5.50. The predicted octanol–water partition coefficient (Wildman–Crippen LogP) is 2.44. The zero-order valence-corrected chi connectivity index (χ0v) is 19.6. The number of guanidine groups is 1. The first-order valence-corrected chi connectivity index (χ1v) is 10.1. The van der Waals surface area contributed by atoms with Gasteiger partial charge in [-0.3, -0.25) is 9.67 Å². The Kier molecular flexibility index (Phi) is 7.77. The summed E-state index contributed by atoms with van der Waals surface area (Å²) in [5.74, 6) is 1.50. The van der Waals surface area contributed by atoms with Crippen molar-refractivity contribution in [3.05, 3.63) is 47.8 Å². The summed E-state index contributed by atoms with van der Waals surface area (Å²) in [4.78, 5) is 9.31. The van der Waals surface area contributed by atoms with E-state index in [2.05, 4.69) is 55.7 Å². The molecule has 2 fully saturated rings. The van der Waals surface area contributed by atoms with Crippen LogP contribution in [0.5, 0.6) is 0 Å². The highest BCUT2D eigenvalue weighted by molar-refractivity contribution is 14.0.